The van der Waals surface area contributed by atoms with E-state index in [9.17, 15) is 4.79 Å². The van der Waals surface area contributed by atoms with Gasteiger partial charge in [0.15, 0.2) is 0 Å². The first-order valence-corrected chi connectivity index (χ1v) is 8.95. The van der Waals surface area contributed by atoms with Crippen LogP contribution in [0.5, 0.6) is 11.5 Å². The molecular formula is C19H22O4S. The molecule has 0 unspecified atom stereocenters. The maximum atomic E-state index is 11.4. The van der Waals surface area contributed by atoms with Gasteiger partial charge < -0.3 is 14.2 Å². The summed E-state index contributed by atoms with van der Waals surface area (Å²) in [4.78, 5) is 12.4. The first-order chi connectivity index (χ1) is 11.6. The Labute approximate surface area is 147 Å². The van der Waals surface area contributed by atoms with E-state index < -0.39 is 6.16 Å². The van der Waals surface area contributed by atoms with Gasteiger partial charge in [-0.3, -0.25) is 0 Å². The highest BCUT2D eigenvalue weighted by Gasteiger charge is 2.14. The first kappa shape index (κ1) is 18.2. The number of benzene rings is 2. The zero-order valence-corrected chi connectivity index (χ0v) is 15.2. The molecule has 4 nitrogen and oxygen atoms in total. The van der Waals surface area contributed by atoms with Crippen LogP contribution >= 0.6 is 11.8 Å². The molecule has 0 aliphatic carbocycles. The van der Waals surface area contributed by atoms with Crippen molar-refractivity contribution in [2.45, 2.75) is 31.8 Å². The van der Waals surface area contributed by atoms with Gasteiger partial charge in [0.25, 0.3) is 0 Å². The molecule has 5 heteroatoms. The van der Waals surface area contributed by atoms with Crippen LogP contribution in [-0.4, -0.2) is 19.5 Å². The molecule has 0 N–H and O–H groups in total. The zero-order chi connectivity index (χ0) is 17.5. The Hall–Kier alpha value is -2.14. The number of aryl methyl sites for hydroxylation is 2. The van der Waals surface area contributed by atoms with Crippen LogP contribution in [0, 0.1) is 6.92 Å². The third-order valence-corrected chi connectivity index (χ3v) is 4.51. The Bertz CT molecular complexity index is 713. The molecule has 0 heterocycles. The minimum Gasteiger partial charge on any atom is -0.488 e. The average molecular weight is 346 g/mol. The van der Waals surface area contributed by atoms with E-state index in [2.05, 4.69) is 23.8 Å². The first-order valence-electron chi connectivity index (χ1n) is 7.73. The summed E-state index contributed by atoms with van der Waals surface area (Å²) in [6, 6.07) is 11.7. The number of carbonyl (C=O) groups excluding carboxylic acids is 1. The van der Waals surface area contributed by atoms with Gasteiger partial charge in [0.1, 0.15) is 18.1 Å². The largest absolute Gasteiger partial charge is 0.513 e. The lowest BCUT2D eigenvalue weighted by Gasteiger charge is -2.15. The van der Waals surface area contributed by atoms with Crippen LogP contribution in [0.2, 0.25) is 0 Å². The Morgan fingerprint density at radius 1 is 1.17 bits per heavy atom. The van der Waals surface area contributed by atoms with Crippen molar-refractivity contribution < 1.29 is 19.0 Å². The van der Waals surface area contributed by atoms with Gasteiger partial charge >= 0.3 is 6.16 Å². The highest BCUT2D eigenvalue weighted by molar-refractivity contribution is 7.98. The molecule has 0 aliphatic rings. The predicted octanol–water partition coefficient (Wildman–Crippen LogP) is 5.00. The monoisotopic (exact) mass is 346 g/mol. The van der Waals surface area contributed by atoms with Gasteiger partial charge in [-0.2, -0.15) is 0 Å². The summed E-state index contributed by atoms with van der Waals surface area (Å²) in [6.07, 6.45) is 2.23. The van der Waals surface area contributed by atoms with Crippen molar-refractivity contribution >= 4 is 17.9 Å². The minimum absolute atomic E-state index is 0.315. The zero-order valence-electron chi connectivity index (χ0n) is 14.4. The maximum Gasteiger partial charge on any atom is 0.513 e. The van der Waals surface area contributed by atoms with Crippen molar-refractivity contribution in [3.8, 4) is 11.5 Å². The second-order valence-corrected chi connectivity index (χ2v) is 6.08. The Balaban J connectivity index is 2.23. The molecule has 2 rings (SSSR count). The van der Waals surface area contributed by atoms with Gasteiger partial charge in [0.2, 0.25) is 0 Å². The molecule has 0 aliphatic heterocycles. The number of rotatable bonds is 6. The lowest BCUT2D eigenvalue weighted by Crippen LogP contribution is -2.10. The fourth-order valence-electron chi connectivity index (χ4n) is 2.35. The SMILES string of the molecule is CCc1ccc(OCc2c(OC(=O)OC)cccc2SC)c(C)c1. The molecular weight excluding hydrogens is 324 g/mol. The van der Waals surface area contributed by atoms with E-state index in [0.717, 1.165) is 28.2 Å². The van der Waals surface area contributed by atoms with Crippen molar-refractivity contribution in [1.82, 2.24) is 0 Å². The van der Waals surface area contributed by atoms with Gasteiger partial charge in [-0.1, -0.05) is 25.1 Å². The second kappa shape index (κ2) is 8.64. The molecule has 0 aromatic heterocycles. The summed E-state index contributed by atoms with van der Waals surface area (Å²) in [6.45, 7) is 4.47. The molecule has 128 valence electrons. The van der Waals surface area contributed by atoms with Crippen LogP contribution in [0.3, 0.4) is 0 Å². The molecule has 2 aromatic carbocycles. The molecule has 24 heavy (non-hydrogen) atoms. The van der Waals surface area contributed by atoms with E-state index >= 15 is 0 Å². The number of thioether (sulfide) groups is 1. The van der Waals surface area contributed by atoms with Crippen molar-refractivity contribution in [1.29, 1.82) is 0 Å². The Kier molecular flexibility index (Phi) is 6.55. The van der Waals surface area contributed by atoms with Crippen LogP contribution < -0.4 is 9.47 Å². The molecule has 0 radical (unpaired) electrons. The van der Waals surface area contributed by atoms with Crippen molar-refractivity contribution in [2.24, 2.45) is 0 Å². The van der Waals surface area contributed by atoms with Gasteiger partial charge in [0.05, 0.1) is 7.11 Å². The van der Waals surface area contributed by atoms with Crippen LogP contribution in [0.25, 0.3) is 0 Å². The van der Waals surface area contributed by atoms with Gasteiger partial charge in [-0.05, 0) is 48.9 Å². The normalized spacial score (nSPS) is 10.3. The number of ether oxygens (including phenoxy) is 3. The maximum absolute atomic E-state index is 11.4. The fraction of sp³-hybridized carbons (Fsp3) is 0.316. The van der Waals surface area contributed by atoms with Gasteiger partial charge in [0, 0.05) is 10.5 Å². The number of hydrogen-bond donors (Lipinski definition) is 0. The summed E-state index contributed by atoms with van der Waals surface area (Å²) >= 11 is 1.58. The van der Waals surface area contributed by atoms with Crippen LogP contribution in [-0.2, 0) is 17.8 Å². The molecule has 0 amide bonds. The fourth-order valence-corrected chi connectivity index (χ4v) is 2.97. The predicted molar refractivity (Wildman–Crippen MR) is 96.1 cm³/mol. The van der Waals surface area contributed by atoms with Crippen LogP contribution in [0.1, 0.15) is 23.6 Å². The highest BCUT2D eigenvalue weighted by Crippen LogP contribution is 2.31. The van der Waals surface area contributed by atoms with E-state index in [1.54, 1.807) is 17.8 Å². The molecule has 0 atom stereocenters. The van der Waals surface area contributed by atoms with E-state index in [1.165, 1.54) is 12.7 Å². The van der Waals surface area contributed by atoms with Gasteiger partial charge in [-0.15, -0.1) is 11.8 Å². The Morgan fingerprint density at radius 2 is 1.96 bits per heavy atom. The summed E-state index contributed by atoms with van der Waals surface area (Å²) in [5.74, 6) is 1.28. The number of hydrogen-bond acceptors (Lipinski definition) is 5. The number of methoxy groups -OCH3 is 1. The lowest BCUT2D eigenvalue weighted by atomic mass is 10.1. The highest BCUT2D eigenvalue weighted by atomic mass is 32.2. The third-order valence-electron chi connectivity index (χ3n) is 3.69. The minimum atomic E-state index is -0.738. The second-order valence-electron chi connectivity index (χ2n) is 5.24. The molecule has 2 aromatic rings. The third kappa shape index (κ3) is 4.45. The molecule has 0 bridgehead atoms. The standard InChI is InChI=1S/C19H22O4S/c1-5-14-9-10-16(13(2)11-14)22-12-15-17(23-19(20)21-3)7-6-8-18(15)24-4/h6-11H,5,12H2,1-4H3. The molecule has 0 saturated carbocycles. The van der Waals surface area contributed by atoms with Gasteiger partial charge in [-0.25, -0.2) is 4.79 Å². The number of carbonyl (C=O) groups is 1. The van der Waals surface area contributed by atoms with Crippen molar-refractivity contribution in [3.63, 3.8) is 0 Å². The lowest BCUT2D eigenvalue weighted by molar-refractivity contribution is 0.120. The quantitative estimate of drug-likeness (QED) is 0.418. The average Bonchev–Trinajstić information content (AvgIpc) is 2.60. The van der Waals surface area contributed by atoms with E-state index in [1.807, 2.05) is 31.4 Å². The summed E-state index contributed by atoms with van der Waals surface area (Å²) < 4.78 is 15.8. The van der Waals surface area contributed by atoms with Crippen molar-refractivity contribution in [3.05, 3.63) is 53.1 Å². The van der Waals surface area contributed by atoms with Crippen LogP contribution in [0.15, 0.2) is 41.3 Å². The molecule has 0 spiro atoms. The van der Waals surface area contributed by atoms with E-state index in [-0.39, 0.29) is 0 Å². The molecule has 0 saturated heterocycles. The summed E-state index contributed by atoms with van der Waals surface area (Å²) in [5.41, 5.74) is 3.19. The Morgan fingerprint density at radius 3 is 2.58 bits per heavy atom. The summed E-state index contributed by atoms with van der Waals surface area (Å²) in [5, 5.41) is 0. The summed E-state index contributed by atoms with van der Waals surface area (Å²) in [7, 11) is 1.29. The van der Waals surface area contributed by atoms with Crippen LogP contribution in [0.4, 0.5) is 4.79 Å². The topological polar surface area (TPSA) is 44.8 Å². The smallest absolute Gasteiger partial charge is 0.488 e. The molecule has 0 fully saturated rings. The van der Waals surface area contributed by atoms with E-state index in [0.29, 0.717) is 12.4 Å². The van der Waals surface area contributed by atoms with E-state index in [4.69, 9.17) is 9.47 Å². The van der Waals surface area contributed by atoms with Crippen molar-refractivity contribution in [2.75, 3.05) is 13.4 Å².